The number of oxazole rings is 1. The number of ketones is 1. The first kappa shape index (κ1) is 32.5. The third-order valence-corrected chi connectivity index (χ3v) is 8.83. The number of rotatable bonds is 14. The number of para-hydroxylation sites is 1. The summed E-state index contributed by atoms with van der Waals surface area (Å²) in [6.07, 6.45) is 5.05. The number of benzene rings is 4. The second kappa shape index (κ2) is 15.0. The molecule has 0 spiro atoms. The van der Waals surface area contributed by atoms with Gasteiger partial charge in [0.05, 0.1) is 18.0 Å². The third-order valence-electron chi connectivity index (χ3n) is 8.83. The zero-order chi connectivity index (χ0) is 34.3. The minimum atomic E-state index is -0.0875. The summed E-state index contributed by atoms with van der Waals surface area (Å²) in [6, 6.07) is 39.5. The monoisotopic (exact) mass is 661 g/mol. The van der Waals surface area contributed by atoms with E-state index in [9.17, 15) is 4.79 Å². The summed E-state index contributed by atoms with van der Waals surface area (Å²) in [4.78, 5) is 23.2. The molecule has 1 atom stereocenters. The number of ether oxygens (including phenoxy) is 1. The van der Waals surface area contributed by atoms with Crippen LogP contribution in [0.15, 0.2) is 132 Å². The number of carbonyl (C=O) groups is 1. The number of carbonyl (C=O) groups excluding carboxylic acids is 1. The lowest BCUT2D eigenvalue weighted by molar-refractivity contribution is 0.103. The van der Waals surface area contributed by atoms with Gasteiger partial charge in [-0.25, -0.2) is 9.97 Å². The van der Waals surface area contributed by atoms with E-state index in [2.05, 4.69) is 39.9 Å². The van der Waals surface area contributed by atoms with Crippen molar-refractivity contribution in [2.75, 3.05) is 6.61 Å². The highest BCUT2D eigenvalue weighted by molar-refractivity contribution is 6.11. The summed E-state index contributed by atoms with van der Waals surface area (Å²) >= 11 is 0. The van der Waals surface area contributed by atoms with Crippen LogP contribution in [0.25, 0.3) is 17.1 Å². The van der Waals surface area contributed by atoms with Crippen molar-refractivity contribution in [3.63, 3.8) is 0 Å². The molecule has 0 fully saturated rings. The molecule has 1 N–H and O–H groups in total. The molecule has 0 amide bonds. The highest BCUT2D eigenvalue weighted by atomic mass is 16.5. The number of aryl methyl sites for hydroxylation is 2. The Kier molecular flexibility index (Phi) is 9.78. The van der Waals surface area contributed by atoms with Crippen LogP contribution in [0.1, 0.15) is 69.5 Å². The standard InChI is InChI=1S/C42H39N5O3/c1-3-13-39-44-40(46-45-39)28-35(38-20-12-26-47(38)37-19-11-10-18-34(37)41(48)31-14-6-4-7-15-31)30-21-23-33(24-22-30)49-27-25-36-29(2)50-42(43-36)32-16-8-5-9-17-32/h4-12,14-24,26,35H,3,13,25,27-28H2,1-2H3,(H,44,45,46). The molecule has 1 unspecified atom stereocenters. The van der Waals surface area contributed by atoms with Gasteiger partial charge >= 0.3 is 0 Å². The van der Waals surface area contributed by atoms with Crippen LogP contribution in [0.5, 0.6) is 5.75 Å². The van der Waals surface area contributed by atoms with Gasteiger partial charge in [-0.3, -0.25) is 9.89 Å². The van der Waals surface area contributed by atoms with Gasteiger partial charge in [0.15, 0.2) is 11.6 Å². The van der Waals surface area contributed by atoms with E-state index in [1.54, 1.807) is 0 Å². The SMILES string of the molecule is CCCc1n[nH]c(CC(c2ccc(OCCc3nc(-c4ccccc4)oc3C)cc2)c2cccn2-c2ccccc2C(=O)c2ccccc2)n1. The molecule has 8 heteroatoms. The predicted molar refractivity (Wildman–Crippen MR) is 194 cm³/mol. The molecule has 0 aliphatic rings. The van der Waals surface area contributed by atoms with E-state index < -0.39 is 0 Å². The maximum Gasteiger partial charge on any atom is 0.226 e. The molecule has 250 valence electrons. The van der Waals surface area contributed by atoms with Gasteiger partial charge in [0, 0.05) is 53.8 Å². The maximum absolute atomic E-state index is 13.7. The van der Waals surface area contributed by atoms with Gasteiger partial charge < -0.3 is 13.7 Å². The Bertz CT molecular complexity index is 2160. The van der Waals surface area contributed by atoms with E-state index in [4.69, 9.17) is 19.1 Å². The van der Waals surface area contributed by atoms with Crippen LogP contribution in [0.4, 0.5) is 0 Å². The lowest BCUT2D eigenvalue weighted by Crippen LogP contribution is -2.14. The van der Waals surface area contributed by atoms with Crippen LogP contribution >= 0.6 is 0 Å². The fraction of sp³-hybridized carbons (Fsp3) is 0.190. The molecule has 0 aliphatic carbocycles. The summed E-state index contributed by atoms with van der Waals surface area (Å²) in [5.74, 6) is 3.73. The van der Waals surface area contributed by atoms with Gasteiger partial charge in [-0.1, -0.05) is 79.7 Å². The molecular weight excluding hydrogens is 622 g/mol. The zero-order valence-corrected chi connectivity index (χ0v) is 28.3. The third kappa shape index (κ3) is 7.20. The van der Waals surface area contributed by atoms with Crippen LogP contribution in [0, 0.1) is 6.92 Å². The minimum Gasteiger partial charge on any atom is -0.493 e. The summed E-state index contributed by atoms with van der Waals surface area (Å²) in [6.45, 7) is 4.53. The average molecular weight is 662 g/mol. The summed E-state index contributed by atoms with van der Waals surface area (Å²) < 4.78 is 14.2. The lowest BCUT2D eigenvalue weighted by atomic mass is 9.91. The van der Waals surface area contributed by atoms with Gasteiger partial charge in [0.25, 0.3) is 0 Å². The number of nitrogens with zero attached hydrogens (tertiary/aromatic N) is 4. The normalized spacial score (nSPS) is 11.8. The van der Waals surface area contributed by atoms with Crippen molar-refractivity contribution in [1.82, 2.24) is 24.7 Å². The lowest BCUT2D eigenvalue weighted by Gasteiger charge is -2.21. The van der Waals surface area contributed by atoms with Crippen molar-refractivity contribution in [2.45, 2.75) is 45.4 Å². The predicted octanol–water partition coefficient (Wildman–Crippen LogP) is 8.74. The Morgan fingerprint density at radius 1 is 0.840 bits per heavy atom. The Morgan fingerprint density at radius 2 is 1.58 bits per heavy atom. The summed E-state index contributed by atoms with van der Waals surface area (Å²) in [5.41, 5.74) is 6.10. The van der Waals surface area contributed by atoms with Crippen LogP contribution in [0.3, 0.4) is 0 Å². The van der Waals surface area contributed by atoms with Crippen LogP contribution < -0.4 is 4.74 Å². The van der Waals surface area contributed by atoms with Gasteiger partial charge in [0.1, 0.15) is 17.3 Å². The molecule has 7 aromatic rings. The van der Waals surface area contributed by atoms with E-state index in [1.807, 2.05) is 116 Å². The molecule has 0 saturated heterocycles. The van der Waals surface area contributed by atoms with Gasteiger partial charge in [-0.2, -0.15) is 5.10 Å². The minimum absolute atomic E-state index is 0.0181. The number of hydrogen-bond donors (Lipinski definition) is 1. The van der Waals surface area contributed by atoms with E-state index in [0.29, 0.717) is 36.5 Å². The van der Waals surface area contributed by atoms with Crippen molar-refractivity contribution >= 4 is 5.78 Å². The average Bonchev–Trinajstić information content (AvgIpc) is 3.92. The first-order chi connectivity index (χ1) is 24.6. The highest BCUT2D eigenvalue weighted by Gasteiger charge is 2.23. The summed E-state index contributed by atoms with van der Waals surface area (Å²) in [5, 5.41) is 7.64. The Labute approximate surface area is 291 Å². The van der Waals surface area contributed by atoms with Crippen molar-refractivity contribution in [3.8, 4) is 22.9 Å². The highest BCUT2D eigenvalue weighted by Crippen LogP contribution is 2.33. The fourth-order valence-corrected chi connectivity index (χ4v) is 6.29. The number of aromatic amines is 1. The number of aromatic nitrogens is 5. The van der Waals surface area contributed by atoms with E-state index in [0.717, 1.165) is 64.2 Å². The van der Waals surface area contributed by atoms with E-state index in [-0.39, 0.29) is 11.7 Å². The van der Waals surface area contributed by atoms with Crippen molar-refractivity contribution in [3.05, 3.63) is 173 Å². The molecule has 50 heavy (non-hydrogen) atoms. The molecule has 0 radical (unpaired) electrons. The molecule has 4 aromatic carbocycles. The van der Waals surface area contributed by atoms with Gasteiger partial charge in [-0.15, -0.1) is 0 Å². The zero-order valence-electron chi connectivity index (χ0n) is 28.3. The smallest absolute Gasteiger partial charge is 0.226 e. The first-order valence-corrected chi connectivity index (χ1v) is 17.1. The number of nitrogens with one attached hydrogen (secondary N) is 1. The molecule has 0 bridgehead atoms. The molecule has 3 aromatic heterocycles. The summed E-state index contributed by atoms with van der Waals surface area (Å²) in [7, 11) is 0. The van der Waals surface area contributed by atoms with Crippen LogP contribution in [0.2, 0.25) is 0 Å². The maximum atomic E-state index is 13.7. The molecule has 3 heterocycles. The van der Waals surface area contributed by atoms with Crippen LogP contribution in [-0.4, -0.2) is 37.1 Å². The van der Waals surface area contributed by atoms with Crippen molar-refractivity contribution in [1.29, 1.82) is 0 Å². The van der Waals surface area contributed by atoms with Gasteiger partial charge in [0.2, 0.25) is 5.89 Å². The van der Waals surface area contributed by atoms with Crippen molar-refractivity contribution in [2.24, 2.45) is 0 Å². The molecule has 0 aliphatic heterocycles. The molecule has 0 saturated carbocycles. The largest absolute Gasteiger partial charge is 0.493 e. The van der Waals surface area contributed by atoms with Gasteiger partial charge in [-0.05, 0) is 67.4 Å². The fourth-order valence-electron chi connectivity index (χ4n) is 6.29. The Balaban J connectivity index is 1.14. The number of H-pyrrole nitrogens is 1. The quantitative estimate of drug-likeness (QED) is 0.117. The second-order valence-corrected chi connectivity index (χ2v) is 12.3. The van der Waals surface area contributed by atoms with E-state index in [1.165, 1.54) is 0 Å². The second-order valence-electron chi connectivity index (χ2n) is 12.3. The molecule has 8 nitrogen and oxygen atoms in total. The Morgan fingerprint density at radius 3 is 2.36 bits per heavy atom. The number of hydrogen-bond acceptors (Lipinski definition) is 6. The Hall–Kier alpha value is -6.02. The molecular formula is C42H39N5O3. The molecule has 7 rings (SSSR count). The van der Waals surface area contributed by atoms with Crippen molar-refractivity contribution < 1.29 is 13.9 Å². The van der Waals surface area contributed by atoms with E-state index >= 15 is 0 Å². The first-order valence-electron chi connectivity index (χ1n) is 17.1. The van der Waals surface area contributed by atoms with Crippen LogP contribution in [-0.2, 0) is 19.3 Å². The topological polar surface area (TPSA) is 98.8 Å².